The van der Waals surface area contributed by atoms with Gasteiger partial charge < -0.3 is 0 Å². The molecule has 0 spiro atoms. The molecule has 150 valence electrons. The molecule has 0 aliphatic rings. The number of nitrogens with one attached hydrogen (secondary N) is 1. The first-order valence-corrected chi connectivity index (χ1v) is 9.69. The molecule has 0 aliphatic heterocycles. The average molecular weight is 398 g/mol. The Morgan fingerprint density at radius 1 is 0.933 bits per heavy atom. The van der Waals surface area contributed by atoms with E-state index < -0.39 is 0 Å². The van der Waals surface area contributed by atoms with Gasteiger partial charge >= 0.3 is 0 Å². The third-order valence-corrected chi connectivity index (χ3v) is 4.94. The van der Waals surface area contributed by atoms with Crippen molar-refractivity contribution in [2.24, 2.45) is 0 Å². The van der Waals surface area contributed by atoms with Crippen molar-refractivity contribution in [3.8, 4) is 11.4 Å². The minimum absolute atomic E-state index is 0.0112. The summed E-state index contributed by atoms with van der Waals surface area (Å²) in [4.78, 5) is 34.7. The lowest BCUT2D eigenvalue weighted by Gasteiger charge is -2.19. The van der Waals surface area contributed by atoms with E-state index in [2.05, 4.69) is 36.2 Å². The quantitative estimate of drug-likeness (QED) is 0.563. The van der Waals surface area contributed by atoms with Crippen LogP contribution < -0.4 is 11.0 Å². The lowest BCUT2D eigenvalue weighted by Crippen LogP contribution is -2.35. The molecule has 6 heteroatoms. The van der Waals surface area contributed by atoms with Crippen LogP contribution in [0.15, 0.2) is 77.9 Å². The number of benzene rings is 2. The fraction of sp³-hybridized carbons (Fsp3) is 0.167. The Morgan fingerprint density at radius 2 is 1.60 bits per heavy atom. The van der Waals surface area contributed by atoms with Crippen molar-refractivity contribution in [3.05, 3.63) is 94.5 Å². The van der Waals surface area contributed by atoms with Gasteiger partial charge in [-0.3, -0.25) is 20.0 Å². The molecule has 0 atom stereocenters. The Hall–Kier alpha value is -3.80. The molecule has 1 amide bonds. The second kappa shape index (κ2) is 7.55. The number of pyridine rings is 1. The Bertz CT molecular complexity index is 1270. The number of hydrogen-bond donors (Lipinski definition) is 1. The predicted molar refractivity (Wildman–Crippen MR) is 118 cm³/mol. The Morgan fingerprint density at radius 3 is 2.27 bits per heavy atom. The van der Waals surface area contributed by atoms with Crippen LogP contribution in [-0.2, 0) is 5.41 Å². The molecule has 6 nitrogen and oxygen atoms in total. The van der Waals surface area contributed by atoms with Gasteiger partial charge in [0.15, 0.2) is 5.82 Å². The van der Waals surface area contributed by atoms with Crippen LogP contribution in [0.3, 0.4) is 0 Å². The zero-order valence-corrected chi connectivity index (χ0v) is 17.1. The van der Waals surface area contributed by atoms with Gasteiger partial charge in [-0.1, -0.05) is 45.0 Å². The number of fused-ring (bicyclic) bond motifs is 1. The first-order valence-electron chi connectivity index (χ1n) is 9.69. The summed E-state index contributed by atoms with van der Waals surface area (Å²) in [6, 6.07) is 18.0. The number of aromatic nitrogens is 3. The lowest BCUT2D eigenvalue weighted by molar-refractivity contribution is 0.101. The summed E-state index contributed by atoms with van der Waals surface area (Å²) in [6.45, 7) is 6.34. The Labute approximate surface area is 174 Å². The standard InChI is InChI=1S/C24H22N4O2/c1-24(2,3)18-10-8-17(9-11-18)22(29)27-28-21(16-12-14-25-15-13-16)26-20-7-5-4-6-19(20)23(28)30/h4-15H,1-3H3,(H,27,29). The highest BCUT2D eigenvalue weighted by molar-refractivity contribution is 6.00. The largest absolute Gasteiger partial charge is 0.280 e. The van der Waals surface area contributed by atoms with Gasteiger partial charge in [-0.2, -0.15) is 4.68 Å². The van der Waals surface area contributed by atoms with Crippen LogP contribution >= 0.6 is 0 Å². The van der Waals surface area contributed by atoms with Gasteiger partial charge in [0, 0.05) is 23.5 Å². The van der Waals surface area contributed by atoms with Crippen molar-refractivity contribution in [2.45, 2.75) is 26.2 Å². The minimum Gasteiger partial charge on any atom is -0.267 e. The summed E-state index contributed by atoms with van der Waals surface area (Å²) in [7, 11) is 0. The van der Waals surface area contributed by atoms with E-state index in [9.17, 15) is 9.59 Å². The first kappa shape index (κ1) is 19.5. The van der Waals surface area contributed by atoms with Crippen LogP contribution in [0.5, 0.6) is 0 Å². The van der Waals surface area contributed by atoms with Crippen molar-refractivity contribution >= 4 is 16.8 Å². The molecule has 2 aromatic heterocycles. The lowest BCUT2D eigenvalue weighted by atomic mass is 9.87. The van der Waals surface area contributed by atoms with E-state index in [0.717, 1.165) is 5.56 Å². The minimum atomic E-state index is -0.384. The van der Waals surface area contributed by atoms with Crippen molar-refractivity contribution < 1.29 is 4.79 Å². The molecule has 30 heavy (non-hydrogen) atoms. The number of amides is 1. The maximum absolute atomic E-state index is 13.2. The fourth-order valence-electron chi connectivity index (χ4n) is 3.22. The topological polar surface area (TPSA) is 76.9 Å². The van der Waals surface area contributed by atoms with Crippen LogP contribution in [0.4, 0.5) is 0 Å². The van der Waals surface area contributed by atoms with Crippen LogP contribution in [0.2, 0.25) is 0 Å². The van der Waals surface area contributed by atoms with E-state index in [4.69, 9.17) is 0 Å². The number of nitrogens with zero attached hydrogens (tertiary/aromatic N) is 3. The Kier molecular flexibility index (Phi) is 4.91. The van der Waals surface area contributed by atoms with Gasteiger partial charge in [0.05, 0.1) is 10.9 Å². The molecule has 0 unspecified atom stereocenters. The van der Waals surface area contributed by atoms with Gasteiger partial charge in [0.2, 0.25) is 0 Å². The van der Waals surface area contributed by atoms with Crippen LogP contribution in [-0.4, -0.2) is 20.6 Å². The fourth-order valence-corrected chi connectivity index (χ4v) is 3.22. The monoisotopic (exact) mass is 398 g/mol. The Balaban J connectivity index is 1.79. The third-order valence-electron chi connectivity index (χ3n) is 4.94. The summed E-state index contributed by atoms with van der Waals surface area (Å²) < 4.78 is 1.21. The maximum atomic E-state index is 13.2. The summed E-state index contributed by atoms with van der Waals surface area (Å²) in [5.74, 6) is -0.0364. The van der Waals surface area contributed by atoms with Gasteiger partial charge in [-0.25, -0.2) is 4.98 Å². The molecule has 1 N–H and O–H groups in total. The highest BCUT2D eigenvalue weighted by Gasteiger charge is 2.17. The van der Waals surface area contributed by atoms with Crippen molar-refractivity contribution in [3.63, 3.8) is 0 Å². The van der Waals surface area contributed by atoms with E-state index in [1.807, 2.05) is 18.2 Å². The molecule has 0 radical (unpaired) electrons. The van der Waals surface area contributed by atoms with Gasteiger partial charge in [0.1, 0.15) is 0 Å². The first-order chi connectivity index (χ1) is 14.3. The second-order valence-corrected chi connectivity index (χ2v) is 8.10. The number of rotatable bonds is 3. The van der Waals surface area contributed by atoms with Gasteiger partial charge in [-0.15, -0.1) is 0 Å². The summed E-state index contributed by atoms with van der Waals surface area (Å²) in [5.41, 5.74) is 5.20. The van der Waals surface area contributed by atoms with Gasteiger partial charge in [-0.05, 0) is 47.4 Å². The summed E-state index contributed by atoms with van der Waals surface area (Å²) >= 11 is 0. The van der Waals surface area contributed by atoms with Crippen LogP contribution in [0, 0.1) is 0 Å². The molecule has 0 bridgehead atoms. The zero-order chi connectivity index (χ0) is 21.3. The molecule has 2 heterocycles. The predicted octanol–water partition coefficient (Wildman–Crippen LogP) is 4.14. The average Bonchev–Trinajstić information content (AvgIpc) is 2.75. The molecule has 4 aromatic rings. The van der Waals surface area contributed by atoms with E-state index in [0.29, 0.717) is 27.9 Å². The van der Waals surface area contributed by atoms with E-state index in [1.54, 1.807) is 54.9 Å². The number of hydrogen-bond acceptors (Lipinski definition) is 4. The summed E-state index contributed by atoms with van der Waals surface area (Å²) in [5, 5.41) is 0.429. The van der Waals surface area contributed by atoms with E-state index in [-0.39, 0.29) is 16.9 Å². The zero-order valence-electron chi connectivity index (χ0n) is 17.1. The van der Waals surface area contributed by atoms with Crippen LogP contribution in [0.25, 0.3) is 22.3 Å². The molecule has 0 saturated carbocycles. The van der Waals surface area contributed by atoms with Crippen molar-refractivity contribution in [1.29, 1.82) is 0 Å². The van der Waals surface area contributed by atoms with Crippen LogP contribution in [0.1, 0.15) is 36.7 Å². The molecule has 0 fully saturated rings. The highest BCUT2D eigenvalue weighted by atomic mass is 16.2. The number of carbonyl (C=O) groups excluding carboxylic acids is 1. The molecule has 4 rings (SSSR count). The SMILES string of the molecule is CC(C)(C)c1ccc(C(=O)Nn2c(-c3ccncc3)nc3ccccc3c2=O)cc1. The second-order valence-electron chi connectivity index (χ2n) is 8.10. The molecule has 0 aliphatic carbocycles. The number of para-hydroxylation sites is 1. The molecule has 0 saturated heterocycles. The third kappa shape index (κ3) is 3.72. The number of carbonyl (C=O) groups is 1. The highest BCUT2D eigenvalue weighted by Crippen LogP contribution is 2.22. The molecular formula is C24H22N4O2. The smallest absolute Gasteiger partial charge is 0.267 e. The van der Waals surface area contributed by atoms with Crippen molar-refractivity contribution in [2.75, 3.05) is 5.43 Å². The van der Waals surface area contributed by atoms with Crippen molar-refractivity contribution in [1.82, 2.24) is 14.6 Å². The molecule has 2 aromatic carbocycles. The summed E-state index contributed by atoms with van der Waals surface area (Å²) in [6.07, 6.45) is 3.24. The van der Waals surface area contributed by atoms with E-state index >= 15 is 0 Å². The maximum Gasteiger partial charge on any atom is 0.280 e. The normalized spacial score (nSPS) is 11.4. The van der Waals surface area contributed by atoms with E-state index in [1.165, 1.54) is 4.68 Å². The molecular weight excluding hydrogens is 376 g/mol. The van der Waals surface area contributed by atoms with Gasteiger partial charge in [0.25, 0.3) is 11.5 Å².